The number of nitrogens with zero attached hydrogens (tertiary/aromatic N) is 3. The molecule has 1 aliphatic heterocycles. The predicted molar refractivity (Wildman–Crippen MR) is 84.4 cm³/mol. The first-order chi connectivity index (χ1) is 10.3. The number of hydrogen-bond acceptors (Lipinski definition) is 5. The van der Waals surface area contributed by atoms with Crippen LogP contribution in [0.25, 0.3) is 0 Å². The lowest BCUT2D eigenvalue weighted by Gasteiger charge is -2.22. The van der Waals surface area contributed by atoms with E-state index in [-0.39, 0.29) is 0 Å². The van der Waals surface area contributed by atoms with E-state index >= 15 is 0 Å². The van der Waals surface area contributed by atoms with Crippen molar-refractivity contribution < 1.29 is 4.74 Å². The van der Waals surface area contributed by atoms with Gasteiger partial charge in [-0.1, -0.05) is 6.07 Å². The minimum atomic E-state index is 0.502. The summed E-state index contributed by atoms with van der Waals surface area (Å²) in [5.41, 5.74) is 2.33. The van der Waals surface area contributed by atoms with E-state index in [0.717, 1.165) is 50.0 Å². The van der Waals surface area contributed by atoms with Gasteiger partial charge in [0.2, 0.25) is 0 Å². The average molecular weight is 303 g/mol. The number of pyridine rings is 1. The molecule has 0 amide bonds. The second-order valence-electron chi connectivity index (χ2n) is 5.56. The molecule has 0 aliphatic carbocycles. The molecule has 2 aromatic rings. The Kier molecular flexibility index (Phi) is 4.95. The average Bonchev–Trinajstić information content (AvgIpc) is 2.76. The SMILES string of the molecule is Cc1nc(CN2CCOC[C@H](Cc3ccccn3)C2)cs1. The van der Waals surface area contributed by atoms with Crippen molar-refractivity contribution in [2.75, 3.05) is 26.3 Å². The fourth-order valence-corrected chi connectivity index (χ4v) is 3.35. The summed E-state index contributed by atoms with van der Waals surface area (Å²) in [6.07, 6.45) is 2.84. The lowest BCUT2D eigenvalue weighted by atomic mass is 10.0. The minimum absolute atomic E-state index is 0.502. The van der Waals surface area contributed by atoms with Crippen molar-refractivity contribution in [2.45, 2.75) is 19.9 Å². The quantitative estimate of drug-likeness (QED) is 0.870. The summed E-state index contributed by atoms with van der Waals surface area (Å²) in [4.78, 5) is 11.5. The molecular weight excluding hydrogens is 282 g/mol. The van der Waals surface area contributed by atoms with Crippen LogP contribution in [0.3, 0.4) is 0 Å². The summed E-state index contributed by atoms with van der Waals surface area (Å²) in [6, 6.07) is 6.11. The number of aryl methyl sites for hydroxylation is 1. The second kappa shape index (κ2) is 7.11. The van der Waals surface area contributed by atoms with Gasteiger partial charge in [0.1, 0.15) is 0 Å². The maximum absolute atomic E-state index is 5.77. The van der Waals surface area contributed by atoms with Gasteiger partial charge in [-0.2, -0.15) is 0 Å². The molecule has 1 aliphatic rings. The highest BCUT2D eigenvalue weighted by atomic mass is 32.1. The van der Waals surface area contributed by atoms with Crippen LogP contribution in [-0.2, 0) is 17.7 Å². The highest BCUT2D eigenvalue weighted by Crippen LogP contribution is 2.16. The van der Waals surface area contributed by atoms with E-state index in [1.165, 1.54) is 5.69 Å². The highest BCUT2D eigenvalue weighted by Gasteiger charge is 2.20. The highest BCUT2D eigenvalue weighted by molar-refractivity contribution is 7.09. The fraction of sp³-hybridized carbons (Fsp3) is 0.500. The molecule has 4 nitrogen and oxygen atoms in total. The zero-order chi connectivity index (χ0) is 14.5. The molecule has 0 radical (unpaired) electrons. The molecule has 0 bridgehead atoms. The van der Waals surface area contributed by atoms with Crippen LogP contribution >= 0.6 is 11.3 Å². The molecule has 0 N–H and O–H groups in total. The number of aromatic nitrogens is 2. The van der Waals surface area contributed by atoms with Crippen molar-refractivity contribution in [2.24, 2.45) is 5.92 Å². The number of ether oxygens (including phenoxy) is 1. The third kappa shape index (κ3) is 4.33. The molecule has 21 heavy (non-hydrogen) atoms. The standard InChI is InChI=1S/C16H21N3OS/c1-13-18-16(12-21-13)10-19-6-7-20-11-14(9-19)8-15-4-2-3-5-17-15/h2-5,12,14H,6-11H2,1H3/t14-/m1/s1. The molecule has 3 heterocycles. The molecule has 1 fully saturated rings. The van der Waals surface area contributed by atoms with Crippen molar-refractivity contribution in [3.8, 4) is 0 Å². The van der Waals surface area contributed by atoms with Gasteiger partial charge < -0.3 is 4.74 Å². The fourth-order valence-electron chi connectivity index (χ4n) is 2.74. The predicted octanol–water partition coefficient (Wildman–Crippen LogP) is 2.54. The van der Waals surface area contributed by atoms with Gasteiger partial charge in [0.25, 0.3) is 0 Å². The molecule has 0 aromatic carbocycles. The van der Waals surface area contributed by atoms with Crippen LogP contribution in [0.2, 0.25) is 0 Å². The summed E-state index contributed by atoms with van der Waals surface area (Å²) in [6.45, 7) is 6.64. The van der Waals surface area contributed by atoms with Crippen LogP contribution in [0.5, 0.6) is 0 Å². The van der Waals surface area contributed by atoms with E-state index < -0.39 is 0 Å². The van der Waals surface area contributed by atoms with Crippen molar-refractivity contribution >= 4 is 11.3 Å². The van der Waals surface area contributed by atoms with Crippen LogP contribution in [0.15, 0.2) is 29.8 Å². The first-order valence-corrected chi connectivity index (χ1v) is 8.28. The van der Waals surface area contributed by atoms with Crippen LogP contribution in [0.1, 0.15) is 16.4 Å². The van der Waals surface area contributed by atoms with Gasteiger partial charge in [0, 0.05) is 42.8 Å². The van der Waals surface area contributed by atoms with Gasteiger partial charge in [-0.15, -0.1) is 11.3 Å². The van der Waals surface area contributed by atoms with Crippen LogP contribution < -0.4 is 0 Å². The van der Waals surface area contributed by atoms with Gasteiger partial charge in [-0.05, 0) is 25.5 Å². The monoisotopic (exact) mass is 303 g/mol. The minimum Gasteiger partial charge on any atom is -0.380 e. The Balaban J connectivity index is 1.60. The molecule has 0 unspecified atom stereocenters. The Morgan fingerprint density at radius 2 is 2.33 bits per heavy atom. The smallest absolute Gasteiger partial charge is 0.0897 e. The van der Waals surface area contributed by atoms with Gasteiger partial charge in [-0.25, -0.2) is 4.98 Å². The molecule has 2 aromatic heterocycles. The summed E-state index contributed by atoms with van der Waals surface area (Å²) < 4.78 is 5.77. The first-order valence-electron chi connectivity index (χ1n) is 7.40. The third-order valence-electron chi connectivity index (χ3n) is 3.70. The summed E-state index contributed by atoms with van der Waals surface area (Å²) >= 11 is 1.72. The van der Waals surface area contributed by atoms with Crippen LogP contribution in [-0.4, -0.2) is 41.2 Å². The lowest BCUT2D eigenvalue weighted by Crippen LogP contribution is -2.30. The lowest BCUT2D eigenvalue weighted by molar-refractivity contribution is 0.121. The maximum Gasteiger partial charge on any atom is 0.0897 e. The maximum atomic E-state index is 5.77. The molecule has 0 spiro atoms. The largest absolute Gasteiger partial charge is 0.380 e. The molecule has 3 rings (SSSR count). The second-order valence-corrected chi connectivity index (χ2v) is 6.62. The zero-order valence-electron chi connectivity index (χ0n) is 12.4. The Bertz CT molecular complexity index is 558. The van der Waals surface area contributed by atoms with E-state index in [9.17, 15) is 0 Å². The van der Waals surface area contributed by atoms with Crippen molar-refractivity contribution in [3.05, 3.63) is 46.2 Å². The van der Waals surface area contributed by atoms with E-state index in [0.29, 0.717) is 5.92 Å². The van der Waals surface area contributed by atoms with Crippen LogP contribution in [0.4, 0.5) is 0 Å². The van der Waals surface area contributed by atoms with Gasteiger partial charge in [0.15, 0.2) is 0 Å². The third-order valence-corrected chi connectivity index (χ3v) is 4.52. The molecule has 1 atom stereocenters. The molecule has 112 valence electrons. The molecular formula is C16H21N3OS. The first kappa shape index (κ1) is 14.6. The molecule has 0 saturated carbocycles. The van der Waals surface area contributed by atoms with Crippen molar-refractivity contribution in [1.82, 2.24) is 14.9 Å². The van der Waals surface area contributed by atoms with Crippen LogP contribution in [0, 0.1) is 12.8 Å². The molecule has 5 heteroatoms. The van der Waals surface area contributed by atoms with E-state index in [1.807, 2.05) is 12.3 Å². The summed E-state index contributed by atoms with van der Waals surface area (Å²) in [5, 5.41) is 3.30. The number of rotatable bonds is 4. The van der Waals surface area contributed by atoms with Crippen molar-refractivity contribution in [1.29, 1.82) is 0 Å². The summed E-state index contributed by atoms with van der Waals surface area (Å²) in [7, 11) is 0. The number of hydrogen-bond donors (Lipinski definition) is 0. The topological polar surface area (TPSA) is 38.2 Å². The molecule has 1 saturated heterocycles. The Labute approximate surface area is 129 Å². The summed E-state index contributed by atoms with van der Waals surface area (Å²) in [5.74, 6) is 0.502. The normalized spacial score (nSPS) is 20.3. The van der Waals surface area contributed by atoms with Gasteiger partial charge in [-0.3, -0.25) is 9.88 Å². The Morgan fingerprint density at radius 3 is 3.10 bits per heavy atom. The van der Waals surface area contributed by atoms with E-state index in [2.05, 4.69) is 39.3 Å². The van der Waals surface area contributed by atoms with E-state index in [1.54, 1.807) is 11.3 Å². The van der Waals surface area contributed by atoms with Gasteiger partial charge in [0.05, 0.1) is 23.9 Å². The zero-order valence-corrected chi connectivity index (χ0v) is 13.2. The van der Waals surface area contributed by atoms with Gasteiger partial charge >= 0.3 is 0 Å². The Morgan fingerprint density at radius 1 is 1.38 bits per heavy atom. The number of thiazole rings is 1. The Hall–Kier alpha value is -1.30. The van der Waals surface area contributed by atoms with E-state index in [4.69, 9.17) is 4.74 Å². The van der Waals surface area contributed by atoms with Crippen molar-refractivity contribution in [3.63, 3.8) is 0 Å².